The van der Waals surface area contributed by atoms with Crippen molar-refractivity contribution < 1.29 is 19.1 Å². The largest absolute Gasteiger partial charge is 0.444 e. The Bertz CT molecular complexity index is 428. The summed E-state index contributed by atoms with van der Waals surface area (Å²) >= 11 is 0. The molecule has 0 aromatic rings. The highest BCUT2D eigenvalue weighted by molar-refractivity contribution is 5.90. The van der Waals surface area contributed by atoms with Gasteiger partial charge in [-0.05, 0) is 39.0 Å². The maximum atomic E-state index is 12.4. The first-order valence-electron chi connectivity index (χ1n) is 7.92. The standard InChI is InChI=1S/C16H31N3O4/c1-9(2)8-11(18-15(22)23-16(5,6)7)14(21)19-12(10(3)4)13(17)20/h9-12H,8H2,1-7H3,(H2,17,20)(H,18,22)(H,19,21)/t11-,12-/m0/s1. The Hall–Kier alpha value is -1.79. The lowest BCUT2D eigenvalue weighted by Crippen LogP contribution is -2.55. The Morgan fingerprint density at radius 2 is 1.57 bits per heavy atom. The molecule has 0 radical (unpaired) electrons. The normalized spacial score (nSPS) is 14.3. The summed E-state index contributed by atoms with van der Waals surface area (Å²) < 4.78 is 5.18. The lowest BCUT2D eigenvalue weighted by atomic mass is 10.0. The smallest absolute Gasteiger partial charge is 0.408 e. The Balaban J connectivity index is 4.98. The summed E-state index contributed by atoms with van der Waals surface area (Å²) in [5.41, 5.74) is 4.65. The molecular formula is C16H31N3O4. The molecule has 2 atom stereocenters. The molecule has 0 saturated carbocycles. The van der Waals surface area contributed by atoms with Crippen LogP contribution in [0, 0.1) is 11.8 Å². The third kappa shape index (κ3) is 9.05. The van der Waals surface area contributed by atoms with Crippen molar-refractivity contribution in [3.8, 4) is 0 Å². The van der Waals surface area contributed by atoms with Crippen molar-refractivity contribution in [2.24, 2.45) is 17.6 Å². The number of rotatable bonds is 7. The van der Waals surface area contributed by atoms with E-state index < -0.39 is 35.6 Å². The van der Waals surface area contributed by atoms with Crippen molar-refractivity contribution in [2.45, 2.75) is 72.6 Å². The predicted molar refractivity (Wildman–Crippen MR) is 88.6 cm³/mol. The van der Waals surface area contributed by atoms with E-state index in [4.69, 9.17) is 10.5 Å². The van der Waals surface area contributed by atoms with Crippen LogP contribution in [0.3, 0.4) is 0 Å². The van der Waals surface area contributed by atoms with Crippen LogP contribution in [-0.4, -0.2) is 35.6 Å². The molecule has 0 saturated heterocycles. The molecule has 0 aromatic heterocycles. The lowest BCUT2D eigenvalue weighted by molar-refractivity contribution is -0.129. The number of ether oxygens (including phenoxy) is 1. The first-order valence-corrected chi connectivity index (χ1v) is 7.92. The maximum Gasteiger partial charge on any atom is 0.408 e. The Kier molecular flexibility index (Phi) is 8.06. The number of hydrogen-bond acceptors (Lipinski definition) is 4. The number of primary amides is 1. The Morgan fingerprint density at radius 1 is 1.04 bits per heavy atom. The molecule has 0 aliphatic carbocycles. The molecular weight excluding hydrogens is 298 g/mol. The molecule has 4 N–H and O–H groups in total. The van der Waals surface area contributed by atoms with Crippen LogP contribution in [0.2, 0.25) is 0 Å². The molecule has 23 heavy (non-hydrogen) atoms. The van der Waals surface area contributed by atoms with Gasteiger partial charge in [0.2, 0.25) is 11.8 Å². The molecule has 3 amide bonds. The quantitative estimate of drug-likeness (QED) is 0.658. The molecule has 0 unspecified atom stereocenters. The fraction of sp³-hybridized carbons (Fsp3) is 0.812. The molecule has 0 spiro atoms. The van der Waals surface area contributed by atoms with Gasteiger partial charge in [-0.25, -0.2) is 4.79 Å². The highest BCUT2D eigenvalue weighted by Crippen LogP contribution is 2.10. The van der Waals surface area contributed by atoms with Crippen LogP contribution in [-0.2, 0) is 14.3 Å². The van der Waals surface area contributed by atoms with Crippen LogP contribution in [0.25, 0.3) is 0 Å². The van der Waals surface area contributed by atoms with E-state index in [1.807, 2.05) is 13.8 Å². The molecule has 7 heteroatoms. The minimum Gasteiger partial charge on any atom is -0.444 e. The molecule has 0 heterocycles. The van der Waals surface area contributed by atoms with Crippen LogP contribution in [0.5, 0.6) is 0 Å². The van der Waals surface area contributed by atoms with Crippen molar-refractivity contribution in [1.82, 2.24) is 10.6 Å². The van der Waals surface area contributed by atoms with Gasteiger partial charge in [0.05, 0.1) is 0 Å². The summed E-state index contributed by atoms with van der Waals surface area (Å²) in [5, 5.41) is 5.17. The predicted octanol–water partition coefficient (Wildman–Crippen LogP) is 1.55. The monoisotopic (exact) mass is 329 g/mol. The minimum absolute atomic E-state index is 0.141. The van der Waals surface area contributed by atoms with Crippen molar-refractivity contribution >= 4 is 17.9 Å². The van der Waals surface area contributed by atoms with Crippen LogP contribution in [0.15, 0.2) is 0 Å². The topological polar surface area (TPSA) is 111 Å². The van der Waals surface area contributed by atoms with Gasteiger partial charge in [0.1, 0.15) is 17.7 Å². The summed E-state index contributed by atoms with van der Waals surface area (Å²) in [6.45, 7) is 12.7. The second-order valence-electron chi connectivity index (χ2n) is 7.46. The Morgan fingerprint density at radius 3 is 1.91 bits per heavy atom. The SMILES string of the molecule is CC(C)C[C@H](NC(=O)OC(C)(C)C)C(=O)N[C@H](C(N)=O)C(C)C. The molecule has 7 nitrogen and oxygen atoms in total. The van der Waals surface area contributed by atoms with E-state index in [2.05, 4.69) is 10.6 Å². The van der Waals surface area contributed by atoms with E-state index in [0.717, 1.165) is 0 Å². The van der Waals surface area contributed by atoms with Crippen LogP contribution >= 0.6 is 0 Å². The third-order valence-corrected chi connectivity index (χ3v) is 2.99. The number of alkyl carbamates (subject to hydrolysis) is 1. The van der Waals surface area contributed by atoms with Gasteiger partial charge in [-0.3, -0.25) is 9.59 Å². The second-order valence-corrected chi connectivity index (χ2v) is 7.46. The number of nitrogens with two attached hydrogens (primary N) is 1. The molecule has 0 aliphatic rings. The summed E-state index contributed by atoms with van der Waals surface area (Å²) in [7, 11) is 0. The average molecular weight is 329 g/mol. The van der Waals surface area contributed by atoms with Gasteiger partial charge in [-0.15, -0.1) is 0 Å². The highest BCUT2D eigenvalue weighted by Gasteiger charge is 2.29. The van der Waals surface area contributed by atoms with Gasteiger partial charge in [0.15, 0.2) is 0 Å². The Labute approximate surface area is 138 Å². The molecule has 0 bridgehead atoms. The van der Waals surface area contributed by atoms with Crippen molar-refractivity contribution in [1.29, 1.82) is 0 Å². The van der Waals surface area contributed by atoms with E-state index in [1.165, 1.54) is 0 Å². The van der Waals surface area contributed by atoms with Crippen LogP contribution < -0.4 is 16.4 Å². The second kappa shape index (κ2) is 8.74. The molecule has 134 valence electrons. The number of nitrogens with one attached hydrogen (secondary N) is 2. The third-order valence-electron chi connectivity index (χ3n) is 2.99. The van der Waals surface area contributed by atoms with Gasteiger partial charge >= 0.3 is 6.09 Å². The van der Waals surface area contributed by atoms with Gasteiger partial charge in [0.25, 0.3) is 0 Å². The summed E-state index contributed by atoms with van der Waals surface area (Å²) in [4.78, 5) is 35.7. The van der Waals surface area contributed by atoms with E-state index in [-0.39, 0.29) is 11.8 Å². The molecule has 0 aliphatic heterocycles. The zero-order chi connectivity index (χ0) is 18.4. The number of carbonyl (C=O) groups is 3. The van der Waals surface area contributed by atoms with Crippen molar-refractivity contribution in [2.75, 3.05) is 0 Å². The molecule has 0 rings (SSSR count). The van der Waals surface area contributed by atoms with E-state index in [0.29, 0.717) is 6.42 Å². The van der Waals surface area contributed by atoms with E-state index in [9.17, 15) is 14.4 Å². The zero-order valence-corrected chi connectivity index (χ0v) is 15.2. The fourth-order valence-corrected chi connectivity index (χ4v) is 1.97. The lowest BCUT2D eigenvalue weighted by Gasteiger charge is -2.26. The maximum absolute atomic E-state index is 12.4. The first kappa shape index (κ1) is 21.2. The summed E-state index contributed by atoms with van der Waals surface area (Å²) in [6, 6.07) is -1.57. The van der Waals surface area contributed by atoms with Crippen LogP contribution in [0.4, 0.5) is 4.79 Å². The summed E-state index contributed by atoms with van der Waals surface area (Å²) in [5.74, 6) is -1.01. The van der Waals surface area contributed by atoms with E-state index >= 15 is 0 Å². The first-order chi connectivity index (χ1) is 10.3. The van der Waals surface area contributed by atoms with E-state index in [1.54, 1.807) is 34.6 Å². The van der Waals surface area contributed by atoms with Crippen LogP contribution in [0.1, 0.15) is 54.9 Å². The summed E-state index contributed by atoms with van der Waals surface area (Å²) in [6.07, 6.45) is -0.243. The van der Waals surface area contributed by atoms with Gasteiger partial charge in [-0.2, -0.15) is 0 Å². The van der Waals surface area contributed by atoms with Gasteiger partial charge in [0, 0.05) is 0 Å². The number of carbonyl (C=O) groups excluding carboxylic acids is 3. The zero-order valence-electron chi connectivity index (χ0n) is 15.2. The average Bonchev–Trinajstić information content (AvgIpc) is 2.30. The highest BCUT2D eigenvalue weighted by atomic mass is 16.6. The van der Waals surface area contributed by atoms with Gasteiger partial charge < -0.3 is 21.1 Å². The number of hydrogen-bond donors (Lipinski definition) is 3. The molecule has 0 aromatic carbocycles. The fourth-order valence-electron chi connectivity index (χ4n) is 1.97. The van der Waals surface area contributed by atoms with Crippen molar-refractivity contribution in [3.05, 3.63) is 0 Å². The van der Waals surface area contributed by atoms with Crippen molar-refractivity contribution in [3.63, 3.8) is 0 Å². The van der Waals surface area contributed by atoms with Gasteiger partial charge in [-0.1, -0.05) is 27.7 Å². The number of amides is 3. The molecule has 0 fully saturated rings. The minimum atomic E-state index is -0.787.